The zero-order valence-electron chi connectivity index (χ0n) is 17.1. The number of carbonyl (C=O) groups is 2. The van der Waals surface area contributed by atoms with Gasteiger partial charge in [0.25, 0.3) is 0 Å². The van der Waals surface area contributed by atoms with E-state index >= 15 is 0 Å². The predicted octanol–water partition coefficient (Wildman–Crippen LogP) is 5.10. The van der Waals surface area contributed by atoms with Gasteiger partial charge in [-0.15, -0.1) is 0 Å². The Balaban J connectivity index is 1.58. The van der Waals surface area contributed by atoms with Gasteiger partial charge in [-0.3, -0.25) is 4.79 Å². The van der Waals surface area contributed by atoms with Crippen molar-refractivity contribution in [2.24, 2.45) is 0 Å². The molecule has 2 aromatic carbocycles. The number of aromatic nitrogens is 1. The molecule has 2 aliphatic carbocycles. The van der Waals surface area contributed by atoms with Crippen LogP contribution in [0.1, 0.15) is 59.3 Å². The molecule has 0 unspecified atom stereocenters. The highest BCUT2D eigenvalue weighted by atomic mass is 16.5. The number of para-hydroxylation sites is 1. The van der Waals surface area contributed by atoms with Crippen LogP contribution in [0, 0.1) is 0 Å². The van der Waals surface area contributed by atoms with Crippen LogP contribution < -0.4 is 0 Å². The lowest BCUT2D eigenvalue weighted by Crippen LogP contribution is -2.30. The number of ether oxygens (including phenoxy) is 1. The third-order valence-electron chi connectivity index (χ3n) is 6.13. The van der Waals surface area contributed by atoms with Crippen molar-refractivity contribution in [1.82, 2.24) is 4.98 Å². The van der Waals surface area contributed by atoms with Crippen molar-refractivity contribution in [1.29, 1.82) is 0 Å². The molecule has 0 spiro atoms. The zero-order valence-corrected chi connectivity index (χ0v) is 17.1. The van der Waals surface area contributed by atoms with Crippen LogP contribution in [0.3, 0.4) is 0 Å². The number of nitrogens with zero attached hydrogens (tertiary/aromatic N) is 1. The number of hydrogen-bond acceptors (Lipinski definition) is 5. The van der Waals surface area contributed by atoms with E-state index < -0.39 is 12.1 Å². The average Bonchev–Trinajstić information content (AvgIpc) is 3.17. The molecule has 5 heteroatoms. The van der Waals surface area contributed by atoms with Crippen molar-refractivity contribution in [2.75, 3.05) is 0 Å². The van der Waals surface area contributed by atoms with Crippen LogP contribution in [0.4, 0.5) is 0 Å². The molecule has 1 saturated carbocycles. The minimum Gasteiger partial charge on any atom is -0.508 e. The molecule has 0 saturated heterocycles. The third kappa shape index (κ3) is 3.72. The second kappa shape index (κ2) is 7.99. The highest BCUT2D eigenvalue weighted by molar-refractivity contribution is 6.07. The molecular formula is C26H23NO4. The van der Waals surface area contributed by atoms with E-state index in [1.54, 1.807) is 12.1 Å². The van der Waals surface area contributed by atoms with E-state index in [2.05, 4.69) is 0 Å². The van der Waals surface area contributed by atoms with E-state index in [1.807, 2.05) is 42.5 Å². The number of fused-ring (bicyclic) bond motifs is 2. The maximum atomic E-state index is 13.3. The molecule has 5 rings (SSSR count). The Hall–Kier alpha value is -3.47. The highest BCUT2D eigenvalue weighted by Gasteiger charge is 2.31. The summed E-state index contributed by atoms with van der Waals surface area (Å²) in [5, 5.41) is 10.3. The van der Waals surface area contributed by atoms with Crippen LogP contribution in [-0.2, 0) is 16.0 Å². The summed E-state index contributed by atoms with van der Waals surface area (Å²) in [4.78, 5) is 30.4. The van der Waals surface area contributed by atoms with Crippen LogP contribution in [0.2, 0.25) is 0 Å². The van der Waals surface area contributed by atoms with Crippen LogP contribution >= 0.6 is 0 Å². The van der Waals surface area contributed by atoms with E-state index in [9.17, 15) is 14.7 Å². The molecule has 1 fully saturated rings. The molecule has 156 valence electrons. The predicted molar refractivity (Wildman–Crippen MR) is 119 cm³/mol. The van der Waals surface area contributed by atoms with Gasteiger partial charge in [-0.1, -0.05) is 30.3 Å². The van der Waals surface area contributed by atoms with Gasteiger partial charge >= 0.3 is 5.97 Å². The fourth-order valence-electron chi connectivity index (χ4n) is 4.55. The molecule has 0 aliphatic heterocycles. The van der Waals surface area contributed by atoms with Gasteiger partial charge in [-0.25, -0.2) is 9.78 Å². The number of phenols is 1. The maximum Gasteiger partial charge on any atom is 0.339 e. The van der Waals surface area contributed by atoms with Gasteiger partial charge in [0.2, 0.25) is 0 Å². The van der Waals surface area contributed by atoms with Crippen molar-refractivity contribution in [2.45, 2.75) is 44.6 Å². The van der Waals surface area contributed by atoms with Crippen LogP contribution in [0.5, 0.6) is 5.75 Å². The molecule has 2 aliphatic rings. The number of benzene rings is 2. The van der Waals surface area contributed by atoms with Crippen molar-refractivity contribution in [3.63, 3.8) is 0 Å². The summed E-state index contributed by atoms with van der Waals surface area (Å²) in [5.74, 6) is -0.191. The molecule has 0 amide bonds. The molecule has 1 N–H and O–H groups in total. The standard InChI is InChI=1S/C26H23NO4/c28-18-12-9-16(10-13-18)15-17-11-14-20-24(19-5-1-2-6-21(19)27-25(17)20)26(30)31-23-8-4-3-7-22(23)29/h1-2,5-6,9-10,12-13,15,23,28H,3-4,7-8,11,14H2/b17-15+/t23-/m1/s1. The first-order chi connectivity index (χ1) is 15.1. The van der Waals surface area contributed by atoms with E-state index in [0.717, 1.165) is 52.6 Å². The second-order valence-corrected chi connectivity index (χ2v) is 8.20. The third-order valence-corrected chi connectivity index (χ3v) is 6.13. The molecule has 31 heavy (non-hydrogen) atoms. The summed E-state index contributed by atoms with van der Waals surface area (Å²) in [6, 6.07) is 14.6. The number of ketones is 1. The molecule has 0 bridgehead atoms. The highest BCUT2D eigenvalue weighted by Crippen LogP contribution is 2.38. The number of pyridine rings is 1. The zero-order chi connectivity index (χ0) is 21.4. The second-order valence-electron chi connectivity index (χ2n) is 8.20. The Labute approximate surface area is 180 Å². The van der Waals surface area contributed by atoms with Gasteiger partial charge < -0.3 is 9.84 Å². The summed E-state index contributed by atoms with van der Waals surface area (Å²) in [6.45, 7) is 0. The number of phenolic OH excluding ortho intramolecular Hbond substituents is 1. The summed E-state index contributed by atoms with van der Waals surface area (Å²) in [6.07, 6.45) is 5.71. The molecule has 3 aromatic rings. The molecule has 1 aromatic heterocycles. The van der Waals surface area contributed by atoms with Crippen molar-refractivity contribution in [3.05, 3.63) is 70.9 Å². The fourth-order valence-corrected chi connectivity index (χ4v) is 4.55. The number of hydrogen-bond donors (Lipinski definition) is 1. The van der Waals surface area contributed by atoms with Crippen LogP contribution in [-0.4, -0.2) is 27.9 Å². The normalized spacial score (nSPS) is 19.5. The Kier molecular flexibility index (Phi) is 5.02. The van der Waals surface area contributed by atoms with Crippen LogP contribution in [0.25, 0.3) is 22.6 Å². The summed E-state index contributed by atoms with van der Waals surface area (Å²) < 4.78 is 5.73. The van der Waals surface area contributed by atoms with E-state index in [4.69, 9.17) is 9.72 Å². The van der Waals surface area contributed by atoms with Gasteiger partial charge in [0.15, 0.2) is 11.9 Å². The van der Waals surface area contributed by atoms with Gasteiger partial charge in [0.05, 0.1) is 16.8 Å². The van der Waals surface area contributed by atoms with E-state index in [0.29, 0.717) is 24.8 Å². The molecular weight excluding hydrogens is 390 g/mol. The van der Waals surface area contributed by atoms with Crippen molar-refractivity contribution < 1.29 is 19.4 Å². The summed E-state index contributed by atoms with van der Waals surface area (Å²) in [5.41, 5.74) is 4.99. The lowest BCUT2D eigenvalue weighted by atomic mass is 9.96. The number of Topliss-reactive ketones (excluding diaryl/α,β-unsaturated/α-hetero) is 1. The quantitative estimate of drug-likeness (QED) is 0.605. The first kappa shape index (κ1) is 19.5. The Morgan fingerprint density at radius 1 is 1.03 bits per heavy atom. The monoisotopic (exact) mass is 413 g/mol. The lowest BCUT2D eigenvalue weighted by Gasteiger charge is -2.21. The van der Waals surface area contributed by atoms with Gasteiger partial charge in [0, 0.05) is 11.8 Å². The first-order valence-electron chi connectivity index (χ1n) is 10.8. The summed E-state index contributed by atoms with van der Waals surface area (Å²) >= 11 is 0. The summed E-state index contributed by atoms with van der Waals surface area (Å²) in [7, 11) is 0. The number of carbonyl (C=O) groups excluding carboxylic acids is 2. The van der Waals surface area contributed by atoms with E-state index in [1.165, 1.54) is 0 Å². The minimum absolute atomic E-state index is 0.0162. The first-order valence-corrected chi connectivity index (χ1v) is 10.8. The Bertz CT molecular complexity index is 1210. The molecule has 1 atom stereocenters. The van der Waals surface area contributed by atoms with Gasteiger partial charge in [-0.05, 0) is 73.1 Å². The minimum atomic E-state index is -0.641. The van der Waals surface area contributed by atoms with Crippen molar-refractivity contribution >= 4 is 34.3 Å². The van der Waals surface area contributed by atoms with Crippen molar-refractivity contribution in [3.8, 4) is 5.75 Å². The lowest BCUT2D eigenvalue weighted by molar-refractivity contribution is -0.129. The number of esters is 1. The van der Waals surface area contributed by atoms with Crippen LogP contribution in [0.15, 0.2) is 48.5 Å². The van der Waals surface area contributed by atoms with Gasteiger partial charge in [0.1, 0.15) is 5.75 Å². The molecule has 1 heterocycles. The smallest absolute Gasteiger partial charge is 0.339 e. The largest absolute Gasteiger partial charge is 0.508 e. The number of allylic oxidation sites excluding steroid dienone is 1. The molecule has 5 nitrogen and oxygen atoms in total. The number of rotatable bonds is 3. The Morgan fingerprint density at radius 2 is 1.84 bits per heavy atom. The molecule has 0 radical (unpaired) electrons. The van der Waals surface area contributed by atoms with Gasteiger partial charge in [-0.2, -0.15) is 0 Å². The Morgan fingerprint density at radius 3 is 2.65 bits per heavy atom. The fraction of sp³-hybridized carbons (Fsp3) is 0.269. The van der Waals surface area contributed by atoms with E-state index in [-0.39, 0.29) is 11.5 Å². The maximum absolute atomic E-state index is 13.3. The SMILES string of the molecule is O=C(O[C@@H]1CCCCC1=O)c1c2c(nc3ccccc13)/C(=C/c1ccc(O)cc1)CC2. The topological polar surface area (TPSA) is 76.5 Å². The number of aromatic hydroxyl groups is 1. The average molecular weight is 413 g/mol.